The second-order valence-corrected chi connectivity index (χ2v) is 5.95. The Hall–Kier alpha value is -0.350. The van der Waals surface area contributed by atoms with Gasteiger partial charge in [-0.25, -0.2) is 0 Å². The zero-order valence-electron chi connectivity index (χ0n) is 10.1. The molecule has 1 saturated carbocycles. The Labute approximate surface area is 105 Å². The van der Waals surface area contributed by atoms with Gasteiger partial charge in [-0.2, -0.15) is 5.10 Å². The van der Waals surface area contributed by atoms with Gasteiger partial charge in [0.2, 0.25) is 0 Å². The quantitative estimate of drug-likeness (QED) is 0.906. The van der Waals surface area contributed by atoms with E-state index in [1.165, 1.54) is 0 Å². The van der Waals surface area contributed by atoms with E-state index >= 15 is 0 Å². The molecule has 90 valence electrons. The molecule has 16 heavy (non-hydrogen) atoms. The molecule has 3 nitrogen and oxygen atoms in total. The van der Waals surface area contributed by atoms with E-state index in [2.05, 4.69) is 41.8 Å². The minimum absolute atomic E-state index is 0.276. The van der Waals surface area contributed by atoms with E-state index < -0.39 is 5.60 Å². The summed E-state index contributed by atoms with van der Waals surface area (Å²) in [6, 6.07) is 0.276. The fourth-order valence-electron chi connectivity index (χ4n) is 2.65. The molecule has 0 saturated heterocycles. The maximum absolute atomic E-state index is 10.8. The molecule has 0 amide bonds. The largest absolute Gasteiger partial charge is 0.383 e. The highest BCUT2D eigenvalue weighted by Crippen LogP contribution is 2.46. The van der Waals surface area contributed by atoms with Crippen LogP contribution in [-0.2, 0) is 5.60 Å². The summed E-state index contributed by atoms with van der Waals surface area (Å²) in [7, 11) is 0. The van der Waals surface area contributed by atoms with Crippen molar-refractivity contribution in [1.82, 2.24) is 9.78 Å². The lowest BCUT2D eigenvalue weighted by Crippen LogP contribution is -2.32. The number of halogens is 1. The molecular formula is C12H19BrN2O. The summed E-state index contributed by atoms with van der Waals surface area (Å²) in [6.45, 7) is 6.30. The van der Waals surface area contributed by atoms with Crippen LogP contribution in [0.1, 0.15) is 51.8 Å². The summed E-state index contributed by atoms with van der Waals surface area (Å²) in [5.41, 5.74) is 0.243. The molecule has 2 unspecified atom stereocenters. The average molecular weight is 287 g/mol. The van der Waals surface area contributed by atoms with Crippen LogP contribution >= 0.6 is 15.9 Å². The fraction of sp³-hybridized carbons (Fsp3) is 0.750. The van der Waals surface area contributed by atoms with Crippen LogP contribution in [0.4, 0.5) is 0 Å². The first kappa shape index (κ1) is 12.1. The lowest BCUT2D eigenvalue weighted by Gasteiger charge is -2.30. The molecule has 2 atom stereocenters. The second-order valence-electron chi connectivity index (χ2n) is 5.10. The SMILES string of the molecule is CC(C)n1ncc(Br)c1C1(O)CCCC1C. The first-order valence-corrected chi connectivity index (χ1v) is 6.72. The molecule has 1 aliphatic carbocycles. The van der Waals surface area contributed by atoms with Gasteiger partial charge in [-0.3, -0.25) is 4.68 Å². The Bertz CT molecular complexity index is 388. The van der Waals surface area contributed by atoms with Crippen molar-refractivity contribution < 1.29 is 5.11 Å². The lowest BCUT2D eigenvalue weighted by atomic mass is 9.89. The first-order valence-electron chi connectivity index (χ1n) is 5.92. The molecule has 0 bridgehead atoms. The van der Waals surface area contributed by atoms with E-state index in [-0.39, 0.29) is 6.04 Å². The topological polar surface area (TPSA) is 38.0 Å². The minimum atomic E-state index is -0.709. The minimum Gasteiger partial charge on any atom is -0.383 e. The van der Waals surface area contributed by atoms with Crippen LogP contribution in [0.15, 0.2) is 10.7 Å². The van der Waals surface area contributed by atoms with Crippen LogP contribution in [0, 0.1) is 5.92 Å². The monoisotopic (exact) mass is 286 g/mol. The van der Waals surface area contributed by atoms with Gasteiger partial charge in [-0.05, 0) is 55.0 Å². The molecule has 1 aromatic heterocycles. The number of hydrogen-bond donors (Lipinski definition) is 1. The standard InChI is InChI=1S/C12H19BrN2O/c1-8(2)15-11(10(13)7-14-15)12(16)6-4-5-9(12)3/h7-9,16H,4-6H2,1-3H3. The normalized spacial score (nSPS) is 30.2. The van der Waals surface area contributed by atoms with Crippen LogP contribution in [0.2, 0.25) is 0 Å². The van der Waals surface area contributed by atoms with Gasteiger partial charge in [-0.15, -0.1) is 0 Å². The summed E-state index contributed by atoms with van der Waals surface area (Å²) >= 11 is 3.51. The van der Waals surface area contributed by atoms with Crippen molar-refractivity contribution in [2.45, 2.75) is 51.7 Å². The number of hydrogen-bond acceptors (Lipinski definition) is 2. The number of aliphatic hydroxyl groups is 1. The van der Waals surface area contributed by atoms with E-state index in [1.54, 1.807) is 6.20 Å². The molecule has 1 heterocycles. The van der Waals surface area contributed by atoms with Gasteiger partial charge >= 0.3 is 0 Å². The van der Waals surface area contributed by atoms with E-state index in [0.29, 0.717) is 5.92 Å². The Morgan fingerprint density at radius 1 is 1.62 bits per heavy atom. The van der Waals surface area contributed by atoms with Crippen LogP contribution in [-0.4, -0.2) is 14.9 Å². The molecule has 0 spiro atoms. The molecular weight excluding hydrogens is 268 g/mol. The second kappa shape index (κ2) is 4.15. The van der Waals surface area contributed by atoms with Crippen LogP contribution in [0.3, 0.4) is 0 Å². The zero-order chi connectivity index (χ0) is 11.9. The third-order valence-electron chi connectivity index (χ3n) is 3.66. The molecule has 1 aromatic rings. The zero-order valence-corrected chi connectivity index (χ0v) is 11.7. The maximum Gasteiger partial charge on any atom is 0.110 e. The Morgan fingerprint density at radius 2 is 2.31 bits per heavy atom. The summed E-state index contributed by atoms with van der Waals surface area (Å²) in [6.07, 6.45) is 4.81. The highest BCUT2D eigenvalue weighted by molar-refractivity contribution is 9.10. The summed E-state index contributed by atoms with van der Waals surface area (Å²) in [5, 5.41) is 15.2. The molecule has 1 fully saturated rings. The predicted molar refractivity (Wildman–Crippen MR) is 67.2 cm³/mol. The highest BCUT2D eigenvalue weighted by Gasteiger charge is 2.43. The van der Waals surface area contributed by atoms with Crippen molar-refractivity contribution >= 4 is 15.9 Å². The number of rotatable bonds is 2. The van der Waals surface area contributed by atoms with Crippen LogP contribution in [0.5, 0.6) is 0 Å². The maximum atomic E-state index is 10.8. The van der Waals surface area contributed by atoms with E-state index in [9.17, 15) is 5.11 Å². The van der Waals surface area contributed by atoms with Gasteiger partial charge in [-0.1, -0.05) is 6.92 Å². The summed E-state index contributed by atoms with van der Waals surface area (Å²) in [4.78, 5) is 0. The summed E-state index contributed by atoms with van der Waals surface area (Å²) in [5.74, 6) is 0.304. The average Bonchev–Trinajstić information content (AvgIpc) is 2.73. The van der Waals surface area contributed by atoms with Crippen LogP contribution < -0.4 is 0 Å². The van der Waals surface area contributed by atoms with E-state index in [1.807, 2.05) is 4.68 Å². The van der Waals surface area contributed by atoms with Gasteiger partial charge < -0.3 is 5.11 Å². The van der Waals surface area contributed by atoms with Gasteiger partial charge in [0.1, 0.15) is 5.60 Å². The molecule has 0 aromatic carbocycles. The fourth-order valence-corrected chi connectivity index (χ4v) is 3.27. The number of nitrogens with zero attached hydrogens (tertiary/aromatic N) is 2. The van der Waals surface area contributed by atoms with Gasteiger partial charge in [0.25, 0.3) is 0 Å². The molecule has 4 heteroatoms. The number of aromatic nitrogens is 2. The lowest BCUT2D eigenvalue weighted by molar-refractivity contribution is -0.00570. The van der Waals surface area contributed by atoms with Crippen molar-refractivity contribution in [3.8, 4) is 0 Å². The molecule has 1 N–H and O–H groups in total. The van der Waals surface area contributed by atoms with Crippen LogP contribution in [0.25, 0.3) is 0 Å². The molecule has 2 rings (SSSR count). The van der Waals surface area contributed by atoms with Crippen molar-refractivity contribution in [1.29, 1.82) is 0 Å². The molecule has 0 aliphatic heterocycles. The Kier molecular flexibility index (Phi) is 3.14. The van der Waals surface area contributed by atoms with Crippen molar-refractivity contribution in [3.63, 3.8) is 0 Å². The van der Waals surface area contributed by atoms with Crippen molar-refractivity contribution in [2.75, 3.05) is 0 Å². The smallest absolute Gasteiger partial charge is 0.110 e. The third-order valence-corrected chi connectivity index (χ3v) is 4.24. The van der Waals surface area contributed by atoms with E-state index in [4.69, 9.17) is 0 Å². The van der Waals surface area contributed by atoms with E-state index in [0.717, 1.165) is 29.4 Å². The summed E-state index contributed by atoms with van der Waals surface area (Å²) < 4.78 is 2.86. The molecule has 1 aliphatic rings. The molecule has 0 radical (unpaired) electrons. The predicted octanol–water partition coefficient (Wildman–Crippen LogP) is 3.23. The first-order chi connectivity index (χ1) is 7.47. The highest BCUT2D eigenvalue weighted by atomic mass is 79.9. The van der Waals surface area contributed by atoms with Crippen molar-refractivity contribution in [3.05, 3.63) is 16.4 Å². The Morgan fingerprint density at radius 3 is 2.81 bits per heavy atom. The van der Waals surface area contributed by atoms with Gasteiger partial charge in [0.15, 0.2) is 0 Å². The third kappa shape index (κ3) is 1.72. The van der Waals surface area contributed by atoms with Gasteiger partial charge in [0, 0.05) is 6.04 Å². The van der Waals surface area contributed by atoms with Gasteiger partial charge in [0.05, 0.1) is 16.4 Å². The Balaban J connectivity index is 2.50. The van der Waals surface area contributed by atoms with Crippen molar-refractivity contribution in [2.24, 2.45) is 5.92 Å².